The second-order valence-electron chi connectivity index (χ2n) is 5.64. The SMILES string of the molecule is CC(C)SC1=C(c2cccs2)C(=O)N(Cc2ccccc2Cl)C1=O. The Bertz CT molecular complexity index is 812. The first-order chi connectivity index (χ1) is 11.5. The molecule has 0 saturated heterocycles. The van der Waals surface area contributed by atoms with Gasteiger partial charge in [-0.25, -0.2) is 0 Å². The van der Waals surface area contributed by atoms with Crippen LogP contribution >= 0.6 is 34.7 Å². The maximum absolute atomic E-state index is 12.9. The van der Waals surface area contributed by atoms with E-state index in [2.05, 4.69) is 0 Å². The van der Waals surface area contributed by atoms with Crippen molar-refractivity contribution in [1.29, 1.82) is 0 Å². The molecular formula is C18H16ClNO2S2. The second kappa shape index (κ2) is 7.13. The number of benzene rings is 1. The quantitative estimate of drug-likeness (QED) is 0.701. The van der Waals surface area contributed by atoms with Crippen molar-refractivity contribution in [3.05, 3.63) is 62.1 Å². The zero-order valence-electron chi connectivity index (χ0n) is 13.3. The van der Waals surface area contributed by atoms with Gasteiger partial charge in [0.05, 0.1) is 17.0 Å². The highest BCUT2D eigenvalue weighted by Gasteiger charge is 2.40. The lowest BCUT2D eigenvalue weighted by molar-refractivity contribution is -0.137. The maximum Gasteiger partial charge on any atom is 0.268 e. The molecule has 0 atom stereocenters. The molecule has 24 heavy (non-hydrogen) atoms. The second-order valence-corrected chi connectivity index (χ2v) is 8.58. The van der Waals surface area contributed by atoms with Crippen molar-refractivity contribution in [3.63, 3.8) is 0 Å². The third kappa shape index (κ3) is 3.29. The number of thiophene rings is 1. The van der Waals surface area contributed by atoms with E-state index in [1.807, 2.05) is 49.6 Å². The molecule has 3 nitrogen and oxygen atoms in total. The fourth-order valence-corrected chi connectivity index (χ4v) is 4.50. The standard InChI is InChI=1S/C18H16ClNO2S2/c1-11(2)24-16-15(14-8-5-9-23-14)17(21)20(18(16)22)10-12-6-3-4-7-13(12)19/h3-9,11H,10H2,1-2H3. The Balaban J connectivity index is 1.97. The molecule has 124 valence electrons. The normalized spacial score (nSPS) is 15.1. The van der Waals surface area contributed by atoms with Crippen molar-refractivity contribution in [2.75, 3.05) is 0 Å². The molecule has 1 aliphatic rings. The fraction of sp³-hybridized carbons (Fsp3) is 0.222. The molecule has 0 fully saturated rings. The predicted octanol–water partition coefficient (Wildman–Crippen LogP) is 4.82. The van der Waals surface area contributed by atoms with Crippen LogP contribution in [-0.4, -0.2) is 22.0 Å². The molecule has 2 aromatic rings. The van der Waals surface area contributed by atoms with Crippen LogP contribution in [0.2, 0.25) is 5.02 Å². The summed E-state index contributed by atoms with van der Waals surface area (Å²) in [6, 6.07) is 11.0. The van der Waals surface area contributed by atoms with Gasteiger partial charge >= 0.3 is 0 Å². The third-order valence-electron chi connectivity index (χ3n) is 3.53. The summed E-state index contributed by atoms with van der Waals surface area (Å²) in [6.07, 6.45) is 0. The molecule has 6 heteroatoms. The number of carbonyl (C=O) groups is 2. The summed E-state index contributed by atoms with van der Waals surface area (Å²) in [7, 11) is 0. The first-order valence-corrected chi connectivity index (χ1v) is 9.67. The summed E-state index contributed by atoms with van der Waals surface area (Å²) in [5.41, 5.74) is 1.28. The first kappa shape index (κ1) is 17.3. The van der Waals surface area contributed by atoms with Gasteiger partial charge in [-0.05, 0) is 23.1 Å². The van der Waals surface area contributed by atoms with E-state index in [1.54, 1.807) is 6.07 Å². The van der Waals surface area contributed by atoms with Gasteiger partial charge in [-0.2, -0.15) is 0 Å². The van der Waals surface area contributed by atoms with Gasteiger partial charge < -0.3 is 0 Å². The van der Waals surface area contributed by atoms with E-state index < -0.39 is 0 Å². The van der Waals surface area contributed by atoms with Crippen molar-refractivity contribution in [3.8, 4) is 0 Å². The molecule has 0 unspecified atom stereocenters. The van der Waals surface area contributed by atoms with Gasteiger partial charge in [-0.15, -0.1) is 23.1 Å². The van der Waals surface area contributed by atoms with E-state index in [9.17, 15) is 9.59 Å². The summed E-state index contributed by atoms with van der Waals surface area (Å²) in [5.74, 6) is -0.479. The zero-order valence-corrected chi connectivity index (χ0v) is 15.7. The summed E-state index contributed by atoms with van der Waals surface area (Å²) >= 11 is 9.10. The highest BCUT2D eigenvalue weighted by Crippen LogP contribution is 2.40. The molecule has 1 aromatic carbocycles. The van der Waals surface area contributed by atoms with Crippen molar-refractivity contribution in [1.82, 2.24) is 4.90 Å². The van der Waals surface area contributed by atoms with Gasteiger partial charge in [0.25, 0.3) is 11.8 Å². The number of hydrogen-bond donors (Lipinski definition) is 0. The minimum atomic E-state index is -0.245. The molecule has 0 bridgehead atoms. The van der Waals surface area contributed by atoms with Crippen LogP contribution in [0.3, 0.4) is 0 Å². The van der Waals surface area contributed by atoms with E-state index in [0.29, 0.717) is 15.5 Å². The van der Waals surface area contributed by atoms with Crippen molar-refractivity contribution >= 4 is 52.1 Å². The molecule has 2 amide bonds. The number of imide groups is 1. The maximum atomic E-state index is 12.9. The van der Waals surface area contributed by atoms with E-state index in [-0.39, 0.29) is 23.6 Å². The van der Waals surface area contributed by atoms with Gasteiger partial charge in [-0.3, -0.25) is 14.5 Å². The number of halogens is 1. The Hall–Kier alpha value is -1.56. The number of thioether (sulfide) groups is 1. The average molecular weight is 378 g/mol. The van der Waals surface area contributed by atoms with Gasteiger partial charge in [0, 0.05) is 15.1 Å². The van der Waals surface area contributed by atoms with Gasteiger partial charge in [-0.1, -0.05) is 49.7 Å². The highest BCUT2D eigenvalue weighted by molar-refractivity contribution is 8.04. The predicted molar refractivity (Wildman–Crippen MR) is 101 cm³/mol. The summed E-state index contributed by atoms with van der Waals surface area (Å²) in [4.78, 5) is 28.4. The highest BCUT2D eigenvalue weighted by atomic mass is 35.5. The van der Waals surface area contributed by atoms with Crippen LogP contribution in [0.4, 0.5) is 0 Å². The molecule has 1 aliphatic heterocycles. The molecule has 0 spiro atoms. The van der Waals surface area contributed by atoms with E-state index in [0.717, 1.165) is 10.4 Å². The monoisotopic (exact) mass is 377 g/mol. The third-order valence-corrected chi connectivity index (χ3v) is 5.87. The molecule has 0 radical (unpaired) electrons. The zero-order chi connectivity index (χ0) is 17.3. The Morgan fingerprint density at radius 2 is 1.88 bits per heavy atom. The number of rotatable bonds is 5. The van der Waals surface area contributed by atoms with Crippen molar-refractivity contribution < 1.29 is 9.59 Å². The number of amides is 2. The van der Waals surface area contributed by atoms with Crippen LogP contribution in [0.25, 0.3) is 5.57 Å². The summed E-state index contributed by atoms with van der Waals surface area (Å²) in [6.45, 7) is 4.21. The lowest BCUT2D eigenvalue weighted by atomic mass is 10.2. The number of nitrogens with zero attached hydrogens (tertiary/aromatic N) is 1. The largest absolute Gasteiger partial charge is 0.269 e. The van der Waals surface area contributed by atoms with Gasteiger partial charge in [0.2, 0.25) is 0 Å². The lowest BCUT2D eigenvalue weighted by Gasteiger charge is -2.16. The molecule has 3 rings (SSSR count). The van der Waals surface area contributed by atoms with Crippen LogP contribution in [0, 0.1) is 0 Å². The molecule has 1 aromatic heterocycles. The van der Waals surface area contributed by atoms with E-state index >= 15 is 0 Å². The van der Waals surface area contributed by atoms with Crippen molar-refractivity contribution in [2.45, 2.75) is 25.6 Å². The van der Waals surface area contributed by atoms with Crippen LogP contribution in [0.15, 0.2) is 46.7 Å². The number of hydrogen-bond acceptors (Lipinski definition) is 4. The van der Waals surface area contributed by atoms with Crippen LogP contribution in [0.1, 0.15) is 24.3 Å². The molecule has 2 heterocycles. The van der Waals surface area contributed by atoms with Crippen LogP contribution < -0.4 is 0 Å². The Morgan fingerprint density at radius 1 is 1.12 bits per heavy atom. The molecule has 0 aliphatic carbocycles. The lowest BCUT2D eigenvalue weighted by Crippen LogP contribution is -2.31. The Labute approximate surface area is 154 Å². The first-order valence-electron chi connectivity index (χ1n) is 7.53. The average Bonchev–Trinajstić information content (AvgIpc) is 3.12. The minimum Gasteiger partial charge on any atom is -0.269 e. The van der Waals surface area contributed by atoms with Crippen LogP contribution in [0.5, 0.6) is 0 Å². The van der Waals surface area contributed by atoms with E-state index in [1.165, 1.54) is 28.0 Å². The van der Waals surface area contributed by atoms with E-state index in [4.69, 9.17) is 11.6 Å². The smallest absolute Gasteiger partial charge is 0.268 e. The summed E-state index contributed by atoms with van der Waals surface area (Å²) < 4.78 is 0. The molecule has 0 N–H and O–H groups in total. The van der Waals surface area contributed by atoms with Gasteiger partial charge in [0.15, 0.2) is 0 Å². The Morgan fingerprint density at radius 3 is 2.50 bits per heavy atom. The van der Waals surface area contributed by atoms with Crippen LogP contribution in [-0.2, 0) is 16.1 Å². The summed E-state index contributed by atoms with van der Waals surface area (Å²) in [5, 5.41) is 2.68. The molecular weight excluding hydrogens is 362 g/mol. The minimum absolute atomic E-state index is 0.189. The molecule has 0 saturated carbocycles. The Kier molecular flexibility index (Phi) is 5.13. The van der Waals surface area contributed by atoms with Crippen molar-refractivity contribution in [2.24, 2.45) is 0 Å². The fourth-order valence-electron chi connectivity index (χ4n) is 2.48. The topological polar surface area (TPSA) is 37.4 Å². The van der Waals surface area contributed by atoms with Gasteiger partial charge in [0.1, 0.15) is 0 Å². The number of carbonyl (C=O) groups excluding carboxylic acids is 2.